The number of carbonyl (C=O) groups excluding carboxylic acids is 2. The summed E-state index contributed by atoms with van der Waals surface area (Å²) in [5, 5.41) is 5.78. The van der Waals surface area contributed by atoms with Crippen LogP contribution in [0.1, 0.15) is 114 Å². The van der Waals surface area contributed by atoms with E-state index in [4.69, 9.17) is 9.47 Å². The van der Waals surface area contributed by atoms with E-state index in [1.165, 1.54) is 23.8 Å². The smallest absolute Gasteiger partial charge is 0.321 e. The van der Waals surface area contributed by atoms with Crippen LogP contribution in [0.3, 0.4) is 0 Å². The van der Waals surface area contributed by atoms with Crippen LogP contribution in [0.4, 0.5) is 0 Å². The molecule has 3 atom stereocenters. The van der Waals surface area contributed by atoms with E-state index in [0.717, 1.165) is 88.0 Å². The standard InChI is InChI=1S/C42H52N4O4/c1-10-14-22(4)16-18-50-17-13-15-29-25(7)32-19-30-23(5)27(11-2)34(43-30)20-31-24(6)28(12-3)35(44-31)21-33-26(8)36-40(46-33)37(39(29)45-32)38(41(36)47)42(48)49-9/h11,16,19-21,25,29,38,43-46H,2,10,12-15,17-18H2,1,3-9H3/b22-16+,31-20-,32-19-,35-21-,39-37-/t25-,29-,38+/m0/s1. The zero-order chi connectivity index (χ0) is 35.9. The fourth-order valence-corrected chi connectivity index (χ4v) is 8.18. The molecule has 0 aromatic carbocycles. The van der Waals surface area contributed by atoms with Crippen molar-refractivity contribution in [3.05, 3.63) is 96.5 Å². The minimum absolute atomic E-state index is 0.0231. The van der Waals surface area contributed by atoms with Crippen molar-refractivity contribution in [1.82, 2.24) is 20.3 Å². The first-order valence-electron chi connectivity index (χ1n) is 18.1. The Morgan fingerprint density at radius 3 is 2.42 bits per heavy atom. The number of methoxy groups -OCH3 is 1. The van der Waals surface area contributed by atoms with Crippen LogP contribution in [-0.2, 0) is 20.7 Å². The van der Waals surface area contributed by atoms with Crippen molar-refractivity contribution in [2.75, 3.05) is 20.3 Å². The molecule has 0 amide bonds. The first-order chi connectivity index (χ1) is 24.0. The lowest BCUT2D eigenvalue weighted by Crippen LogP contribution is -2.25. The molecule has 3 aromatic heterocycles. The molecule has 0 saturated carbocycles. The van der Waals surface area contributed by atoms with Crippen molar-refractivity contribution in [3.8, 4) is 0 Å². The van der Waals surface area contributed by atoms with Crippen LogP contribution in [0.5, 0.6) is 0 Å². The number of nitrogens with one attached hydrogen (secondary N) is 4. The van der Waals surface area contributed by atoms with Crippen LogP contribution in [0, 0.1) is 38.5 Å². The molecule has 264 valence electrons. The summed E-state index contributed by atoms with van der Waals surface area (Å²) < 4.78 is 11.3. The van der Waals surface area contributed by atoms with Crippen LogP contribution in [0.25, 0.3) is 29.9 Å². The highest BCUT2D eigenvalue weighted by Gasteiger charge is 2.48. The van der Waals surface area contributed by atoms with Crippen LogP contribution < -0.4 is 16.0 Å². The van der Waals surface area contributed by atoms with Gasteiger partial charge in [0.05, 0.1) is 19.4 Å². The average molecular weight is 677 g/mol. The van der Waals surface area contributed by atoms with Gasteiger partial charge in [-0.25, -0.2) is 0 Å². The first-order valence-corrected chi connectivity index (χ1v) is 18.1. The molecule has 0 spiro atoms. The van der Waals surface area contributed by atoms with E-state index >= 15 is 0 Å². The van der Waals surface area contributed by atoms with E-state index in [9.17, 15) is 9.59 Å². The monoisotopic (exact) mass is 676 g/mol. The number of rotatable bonds is 11. The number of allylic oxidation sites excluding steroid dienone is 3. The quantitative estimate of drug-likeness (QED) is 0.0764. The number of aromatic amines is 3. The lowest BCUT2D eigenvalue weighted by Gasteiger charge is -2.20. The number of Topliss-reactive ketones (excluding diaryl/α,β-unsaturated/α-hetero) is 1. The van der Waals surface area contributed by atoms with Crippen LogP contribution >= 0.6 is 0 Å². The van der Waals surface area contributed by atoms with E-state index in [1.54, 1.807) is 0 Å². The molecule has 1 aliphatic carbocycles. The number of ketones is 1. The van der Waals surface area contributed by atoms with Crippen molar-refractivity contribution in [3.63, 3.8) is 0 Å². The van der Waals surface area contributed by atoms with Gasteiger partial charge in [-0.3, -0.25) is 9.59 Å². The summed E-state index contributed by atoms with van der Waals surface area (Å²) in [7, 11) is 1.36. The summed E-state index contributed by atoms with van der Waals surface area (Å²) in [6.45, 7) is 20.3. The molecule has 50 heavy (non-hydrogen) atoms. The number of carbonyl (C=O) groups is 2. The summed E-state index contributed by atoms with van der Waals surface area (Å²) >= 11 is 0. The third-order valence-electron chi connectivity index (χ3n) is 11.1. The summed E-state index contributed by atoms with van der Waals surface area (Å²) in [4.78, 5) is 38.7. The fourth-order valence-electron chi connectivity index (χ4n) is 8.18. The summed E-state index contributed by atoms with van der Waals surface area (Å²) in [5.74, 6) is -1.70. The summed E-state index contributed by atoms with van der Waals surface area (Å²) in [6, 6.07) is 0. The molecule has 0 radical (unpaired) electrons. The van der Waals surface area contributed by atoms with Gasteiger partial charge in [0.15, 0.2) is 5.78 Å². The van der Waals surface area contributed by atoms with E-state index in [1.807, 2.05) is 13.0 Å². The van der Waals surface area contributed by atoms with Gasteiger partial charge < -0.3 is 29.7 Å². The predicted molar refractivity (Wildman–Crippen MR) is 202 cm³/mol. The first kappa shape index (κ1) is 35.3. The number of hydrogen-bond donors (Lipinski definition) is 4. The Kier molecular flexibility index (Phi) is 10.1. The maximum atomic E-state index is 14.3. The summed E-state index contributed by atoms with van der Waals surface area (Å²) in [6.07, 6.45) is 15.3. The largest absolute Gasteiger partial charge is 0.468 e. The van der Waals surface area contributed by atoms with Crippen LogP contribution in [0.15, 0.2) is 29.6 Å². The van der Waals surface area contributed by atoms with Crippen molar-refractivity contribution < 1.29 is 19.1 Å². The van der Waals surface area contributed by atoms with E-state index in [2.05, 4.69) is 92.7 Å². The molecule has 6 rings (SSSR count). The molecule has 1 fully saturated rings. The Labute approximate surface area is 295 Å². The van der Waals surface area contributed by atoms with Crippen LogP contribution in [0.2, 0.25) is 0 Å². The van der Waals surface area contributed by atoms with Gasteiger partial charge >= 0.3 is 5.97 Å². The van der Waals surface area contributed by atoms with E-state index in [0.29, 0.717) is 30.0 Å². The molecule has 0 unspecified atom stereocenters. The van der Waals surface area contributed by atoms with Gasteiger partial charge in [-0.05, 0) is 93.9 Å². The maximum Gasteiger partial charge on any atom is 0.321 e. The lowest BCUT2D eigenvalue weighted by molar-refractivity contribution is -0.141. The second-order valence-corrected chi connectivity index (χ2v) is 14.1. The highest BCUT2D eigenvalue weighted by atomic mass is 16.5. The van der Waals surface area contributed by atoms with Crippen LogP contribution in [-0.4, -0.2) is 47.0 Å². The van der Waals surface area contributed by atoms with Crippen molar-refractivity contribution >= 4 is 41.6 Å². The Morgan fingerprint density at radius 1 is 0.980 bits per heavy atom. The topological polar surface area (TPSA) is 112 Å². The highest BCUT2D eigenvalue weighted by Crippen LogP contribution is 2.48. The third kappa shape index (κ3) is 6.08. The Morgan fingerprint density at radius 2 is 1.72 bits per heavy atom. The Balaban J connectivity index is 1.55. The number of esters is 1. The van der Waals surface area contributed by atoms with Gasteiger partial charge in [-0.2, -0.15) is 0 Å². The minimum Gasteiger partial charge on any atom is -0.468 e. The molecule has 8 bridgehead atoms. The Bertz CT molecular complexity index is 2080. The van der Waals surface area contributed by atoms with Gasteiger partial charge in [0.25, 0.3) is 0 Å². The van der Waals surface area contributed by atoms with E-state index < -0.39 is 11.9 Å². The minimum atomic E-state index is -1.04. The van der Waals surface area contributed by atoms with Crippen molar-refractivity contribution in [1.29, 1.82) is 0 Å². The second kappa shape index (κ2) is 14.4. The van der Waals surface area contributed by atoms with E-state index in [-0.39, 0.29) is 17.6 Å². The molecule has 4 N–H and O–H groups in total. The average Bonchev–Trinajstić information content (AvgIpc) is 3.83. The normalized spacial score (nSPS) is 23.5. The number of H-pyrrole nitrogens is 3. The molecule has 3 aromatic rings. The zero-order valence-corrected chi connectivity index (χ0v) is 30.9. The molecule has 1 saturated heterocycles. The highest BCUT2D eigenvalue weighted by molar-refractivity contribution is 6.24. The number of ether oxygens (including phenoxy) is 2. The SMILES string of the molecule is C=Cc1c2[nH]c(c1C)/C=C1\N/C(=C3\c4[nH]c(c(C)c4C(=O)[C@@H]3C(=O)OC)/C=c3\[nH]/c(c(C)c3CC)=C\2)[C@@H](CCCOC/C=C(\C)CCC)[C@@H]1C. The lowest BCUT2D eigenvalue weighted by atomic mass is 9.85. The molecule has 3 aliphatic rings. The fraction of sp³-hybridized carbons (Fsp3) is 0.429. The van der Waals surface area contributed by atoms with Crippen molar-refractivity contribution in [2.24, 2.45) is 17.8 Å². The Hall–Kier alpha value is -4.56. The van der Waals surface area contributed by atoms with Gasteiger partial charge in [-0.15, -0.1) is 0 Å². The molecule has 5 heterocycles. The zero-order valence-electron chi connectivity index (χ0n) is 30.9. The number of hydrogen-bond acceptors (Lipinski definition) is 5. The van der Waals surface area contributed by atoms with Crippen molar-refractivity contribution in [2.45, 2.75) is 80.6 Å². The van der Waals surface area contributed by atoms with Gasteiger partial charge in [0, 0.05) is 74.3 Å². The molecule has 8 heteroatoms. The second-order valence-electron chi connectivity index (χ2n) is 14.1. The predicted octanol–water partition coefficient (Wildman–Crippen LogP) is 6.91. The number of aromatic nitrogens is 3. The molecular formula is C42H52N4O4. The summed E-state index contributed by atoms with van der Waals surface area (Å²) in [5.41, 5.74) is 13.5. The number of fused-ring (bicyclic) bond motifs is 7. The molecule has 8 nitrogen and oxygen atoms in total. The molecule has 2 aliphatic heterocycles. The van der Waals surface area contributed by atoms with Gasteiger partial charge in [0.2, 0.25) is 0 Å². The van der Waals surface area contributed by atoms with Gasteiger partial charge in [-0.1, -0.05) is 51.5 Å². The maximum absolute atomic E-state index is 14.3. The molecular weight excluding hydrogens is 624 g/mol. The third-order valence-corrected chi connectivity index (χ3v) is 11.1. The van der Waals surface area contributed by atoms with Gasteiger partial charge in [0.1, 0.15) is 5.92 Å².